The number of hydrogen-bond acceptors (Lipinski definition) is 5. The summed E-state index contributed by atoms with van der Waals surface area (Å²) in [7, 11) is 0. The van der Waals surface area contributed by atoms with Crippen LogP contribution in [0.5, 0.6) is 0 Å². The molecule has 1 fully saturated rings. The Morgan fingerprint density at radius 1 is 0.654 bits per heavy atom. The summed E-state index contributed by atoms with van der Waals surface area (Å²) >= 11 is 0. The third-order valence-electron chi connectivity index (χ3n) is 5.05. The van der Waals surface area contributed by atoms with Gasteiger partial charge in [0.1, 0.15) is 11.3 Å². The van der Waals surface area contributed by atoms with Gasteiger partial charge in [-0.25, -0.2) is 4.98 Å². The van der Waals surface area contributed by atoms with E-state index in [-0.39, 0.29) is 0 Å². The lowest BCUT2D eigenvalue weighted by molar-refractivity contribution is 0.639. The van der Waals surface area contributed by atoms with Gasteiger partial charge in [-0.3, -0.25) is 0 Å². The number of anilines is 2. The van der Waals surface area contributed by atoms with Crippen LogP contribution in [-0.2, 0) is 0 Å². The maximum Gasteiger partial charge on any atom is 0.151 e. The summed E-state index contributed by atoms with van der Waals surface area (Å²) in [5.74, 6) is 2.00. The number of rotatable bonds is 2. The number of pyridine rings is 1. The van der Waals surface area contributed by atoms with Gasteiger partial charge < -0.3 is 9.80 Å². The molecule has 1 aliphatic rings. The molecule has 0 atom stereocenters. The van der Waals surface area contributed by atoms with Crippen LogP contribution in [0, 0.1) is 0 Å². The fourth-order valence-electron chi connectivity index (χ4n) is 3.63. The van der Waals surface area contributed by atoms with E-state index in [1.807, 2.05) is 24.4 Å². The molecule has 0 aliphatic carbocycles. The smallest absolute Gasteiger partial charge is 0.151 e. The molecule has 0 radical (unpaired) electrons. The molecule has 1 saturated heterocycles. The van der Waals surface area contributed by atoms with Crippen molar-refractivity contribution < 1.29 is 0 Å². The SMILES string of the molecule is c1ccc(N2CCN(c3cc4ccc5ccccc5c4nn3)CC2)nc1. The van der Waals surface area contributed by atoms with E-state index in [0.29, 0.717) is 0 Å². The summed E-state index contributed by atoms with van der Waals surface area (Å²) in [5, 5.41) is 12.6. The average Bonchev–Trinajstić information content (AvgIpc) is 2.74. The van der Waals surface area contributed by atoms with Gasteiger partial charge in [0, 0.05) is 43.1 Å². The summed E-state index contributed by atoms with van der Waals surface area (Å²) in [6, 6.07) is 20.8. The number of fused-ring (bicyclic) bond motifs is 3. The first-order valence-corrected chi connectivity index (χ1v) is 8.95. The second-order valence-electron chi connectivity index (χ2n) is 6.59. The highest BCUT2D eigenvalue weighted by atomic mass is 15.3. The minimum absolute atomic E-state index is 0.921. The van der Waals surface area contributed by atoms with Crippen molar-refractivity contribution in [2.24, 2.45) is 0 Å². The Hall–Kier alpha value is -3.21. The standard InChI is InChI=1S/C21H19N5/c1-2-6-18-16(5-1)8-9-17-15-20(23-24-21(17)18)26-13-11-25(12-14-26)19-7-3-4-10-22-19/h1-10,15H,11-14H2. The summed E-state index contributed by atoms with van der Waals surface area (Å²) in [6.07, 6.45) is 1.85. The maximum atomic E-state index is 4.54. The molecule has 1 aliphatic heterocycles. The van der Waals surface area contributed by atoms with E-state index in [0.717, 1.165) is 54.1 Å². The minimum atomic E-state index is 0.921. The largest absolute Gasteiger partial charge is 0.353 e. The molecule has 5 rings (SSSR count). The molecule has 26 heavy (non-hydrogen) atoms. The first kappa shape index (κ1) is 15.1. The Morgan fingerprint density at radius 2 is 1.38 bits per heavy atom. The van der Waals surface area contributed by atoms with Crippen molar-refractivity contribution >= 4 is 33.3 Å². The summed E-state index contributed by atoms with van der Waals surface area (Å²) in [5.41, 5.74) is 0.971. The second-order valence-corrected chi connectivity index (χ2v) is 6.59. The van der Waals surface area contributed by atoms with Crippen molar-refractivity contribution in [3.63, 3.8) is 0 Å². The van der Waals surface area contributed by atoms with E-state index >= 15 is 0 Å². The van der Waals surface area contributed by atoms with Crippen LogP contribution in [0.25, 0.3) is 21.7 Å². The topological polar surface area (TPSA) is 45.2 Å². The molecular formula is C21H19N5. The van der Waals surface area contributed by atoms with Crippen LogP contribution in [0.15, 0.2) is 66.9 Å². The van der Waals surface area contributed by atoms with Crippen LogP contribution in [-0.4, -0.2) is 41.4 Å². The zero-order valence-electron chi connectivity index (χ0n) is 14.4. The van der Waals surface area contributed by atoms with Crippen molar-refractivity contribution in [1.82, 2.24) is 15.2 Å². The van der Waals surface area contributed by atoms with Crippen LogP contribution in [0.4, 0.5) is 11.6 Å². The van der Waals surface area contributed by atoms with Crippen molar-refractivity contribution in [2.45, 2.75) is 0 Å². The third kappa shape index (κ3) is 2.62. The van der Waals surface area contributed by atoms with Crippen molar-refractivity contribution in [1.29, 1.82) is 0 Å². The normalized spacial score (nSPS) is 14.9. The van der Waals surface area contributed by atoms with Crippen LogP contribution >= 0.6 is 0 Å². The van der Waals surface area contributed by atoms with Crippen LogP contribution in [0.1, 0.15) is 0 Å². The molecule has 2 aromatic heterocycles. The molecule has 0 spiro atoms. The summed E-state index contributed by atoms with van der Waals surface area (Å²) < 4.78 is 0. The van der Waals surface area contributed by atoms with Crippen LogP contribution in [0.2, 0.25) is 0 Å². The van der Waals surface area contributed by atoms with Gasteiger partial charge in [-0.15, -0.1) is 10.2 Å². The molecule has 0 amide bonds. The summed E-state index contributed by atoms with van der Waals surface area (Å²) in [4.78, 5) is 9.07. The Morgan fingerprint density at radius 3 is 2.19 bits per heavy atom. The first-order chi connectivity index (χ1) is 12.9. The van der Waals surface area contributed by atoms with Gasteiger partial charge >= 0.3 is 0 Å². The van der Waals surface area contributed by atoms with E-state index < -0.39 is 0 Å². The molecule has 5 heteroatoms. The number of nitrogens with zero attached hydrogens (tertiary/aromatic N) is 5. The molecule has 0 bridgehead atoms. The first-order valence-electron chi connectivity index (χ1n) is 8.95. The highest BCUT2D eigenvalue weighted by Crippen LogP contribution is 2.26. The summed E-state index contributed by atoms with van der Waals surface area (Å²) in [6.45, 7) is 3.72. The highest BCUT2D eigenvalue weighted by molar-refractivity contribution is 6.05. The fraction of sp³-hybridized carbons (Fsp3) is 0.190. The zero-order valence-corrected chi connectivity index (χ0v) is 14.4. The second kappa shape index (κ2) is 6.26. The van der Waals surface area contributed by atoms with Crippen molar-refractivity contribution in [3.8, 4) is 0 Å². The van der Waals surface area contributed by atoms with Crippen molar-refractivity contribution in [2.75, 3.05) is 36.0 Å². The number of benzene rings is 2. The fourth-order valence-corrected chi connectivity index (χ4v) is 3.63. The van der Waals surface area contributed by atoms with Gasteiger partial charge in [0.15, 0.2) is 5.82 Å². The molecule has 0 saturated carbocycles. The predicted molar refractivity (Wildman–Crippen MR) is 106 cm³/mol. The van der Waals surface area contributed by atoms with Gasteiger partial charge in [-0.2, -0.15) is 0 Å². The lowest BCUT2D eigenvalue weighted by Crippen LogP contribution is -2.47. The molecule has 4 aromatic rings. The van der Waals surface area contributed by atoms with Gasteiger partial charge in [-0.1, -0.05) is 42.5 Å². The number of piperazine rings is 1. The Balaban J connectivity index is 1.41. The molecule has 0 unspecified atom stereocenters. The molecular weight excluding hydrogens is 322 g/mol. The van der Waals surface area contributed by atoms with Gasteiger partial charge in [0.05, 0.1) is 0 Å². The number of aromatic nitrogens is 3. The lowest BCUT2D eigenvalue weighted by atomic mass is 10.1. The van der Waals surface area contributed by atoms with E-state index in [4.69, 9.17) is 0 Å². The Bertz CT molecular complexity index is 1060. The molecule has 128 valence electrons. The van der Waals surface area contributed by atoms with Crippen LogP contribution in [0.3, 0.4) is 0 Å². The van der Waals surface area contributed by atoms with Crippen molar-refractivity contribution in [3.05, 3.63) is 66.9 Å². The average molecular weight is 341 g/mol. The molecule has 2 aromatic carbocycles. The van der Waals surface area contributed by atoms with Gasteiger partial charge in [-0.05, 0) is 23.6 Å². The molecule has 0 N–H and O–H groups in total. The monoisotopic (exact) mass is 341 g/mol. The quantitative estimate of drug-likeness (QED) is 0.522. The van der Waals surface area contributed by atoms with E-state index in [2.05, 4.69) is 67.4 Å². The number of hydrogen-bond donors (Lipinski definition) is 0. The van der Waals surface area contributed by atoms with Crippen LogP contribution < -0.4 is 9.80 Å². The van der Waals surface area contributed by atoms with Gasteiger partial charge in [0.25, 0.3) is 0 Å². The van der Waals surface area contributed by atoms with Gasteiger partial charge in [0.2, 0.25) is 0 Å². The van der Waals surface area contributed by atoms with E-state index in [1.165, 1.54) is 5.39 Å². The lowest BCUT2D eigenvalue weighted by Gasteiger charge is -2.35. The third-order valence-corrected chi connectivity index (χ3v) is 5.05. The predicted octanol–water partition coefficient (Wildman–Crippen LogP) is 3.50. The minimum Gasteiger partial charge on any atom is -0.353 e. The zero-order chi connectivity index (χ0) is 17.3. The Labute approximate surface area is 151 Å². The maximum absolute atomic E-state index is 4.54. The Kier molecular flexibility index (Phi) is 3.63. The van der Waals surface area contributed by atoms with E-state index in [9.17, 15) is 0 Å². The molecule has 3 heterocycles. The van der Waals surface area contributed by atoms with E-state index in [1.54, 1.807) is 0 Å². The highest BCUT2D eigenvalue weighted by Gasteiger charge is 2.19. The molecule has 5 nitrogen and oxygen atoms in total.